The molecule has 1 atom stereocenters. The molecule has 8 heteroatoms. The van der Waals surface area contributed by atoms with Gasteiger partial charge in [-0.1, -0.05) is 18.2 Å². The van der Waals surface area contributed by atoms with Crippen molar-refractivity contribution in [2.24, 2.45) is 5.92 Å². The Morgan fingerprint density at radius 1 is 1.42 bits per heavy atom. The van der Waals surface area contributed by atoms with Gasteiger partial charge in [-0.25, -0.2) is 4.68 Å². The van der Waals surface area contributed by atoms with E-state index in [2.05, 4.69) is 10.4 Å². The van der Waals surface area contributed by atoms with Crippen LogP contribution in [-0.2, 0) is 14.3 Å². The summed E-state index contributed by atoms with van der Waals surface area (Å²) in [5, 5.41) is 16.3. The molecule has 0 radical (unpaired) electrons. The SMILES string of the molecule is COCCN1CC(C(=O)Nc2c(C#N)cnn2-c2ccccc2)CC1=O. The van der Waals surface area contributed by atoms with Gasteiger partial charge >= 0.3 is 0 Å². The summed E-state index contributed by atoms with van der Waals surface area (Å²) in [6.07, 6.45) is 1.56. The van der Waals surface area contributed by atoms with Crippen LogP contribution in [0.15, 0.2) is 36.5 Å². The van der Waals surface area contributed by atoms with Crippen LogP contribution in [0.5, 0.6) is 0 Å². The molecule has 2 amide bonds. The monoisotopic (exact) mass is 353 g/mol. The van der Waals surface area contributed by atoms with E-state index in [1.807, 2.05) is 36.4 Å². The van der Waals surface area contributed by atoms with Gasteiger partial charge in [0, 0.05) is 26.6 Å². The van der Waals surface area contributed by atoms with Crippen LogP contribution in [0.4, 0.5) is 5.82 Å². The van der Waals surface area contributed by atoms with E-state index < -0.39 is 5.92 Å². The minimum atomic E-state index is -0.468. The summed E-state index contributed by atoms with van der Waals surface area (Å²) in [6, 6.07) is 11.3. The van der Waals surface area contributed by atoms with Gasteiger partial charge in [0.05, 0.1) is 24.4 Å². The zero-order valence-electron chi connectivity index (χ0n) is 14.4. The van der Waals surface area contributed by atoms with Crippen LogP contribution in [0, 0.1) is 17.2 Å². The number of anilines is 1. The van der Waals surface area contributed by atoms with Crippen molar-refractivity contribution >= 4 is 17.6 Å². The number of hydrogen-bond donors (Lipinski definition) is 1. The lowest BCUT2D eigenvalue weighted by Gasteiger charge is -2.16. The number of rotatable bonds is 6. The van der Waals surface area contributed by atoms with Gasteiger partial charge in [-0.15, -0.1) is 0 Å². The van der Waals surface area contributed by atoms with Crippen molar-refractivity contribution in [3.05, 3.63) is 42.1 Å². The molecule has 1 aliphatic rings. The van der Waals surface area contributed by atoms with Gasteiger partial charge < -0.3 is 15.0 Å². The van der Waals surface area contributed by atoms with Gasteiger partial charge in [-0.2, -0.15) is 10.4 Å². The highest BCUT2D eigenvalue weighted by molar-refractivity contribution is 5.97. The Balaban J connectivity index is 1.77. The standard InChI is InChI=1S/C18H19N5O3/c1-26-8-7-22-12-13(9-16(22)24)18(25)21-17-14(10-19)11-20-23(17)15-5-3-2-4-6-15/h2-6,11,13H,7-9,12H2,1H3,(H,21,25). The second-order valence-electron chi connectivity index (χ2n) is 5.99. The highest BCUT2D eigenvalue weighted by atomic mass is 16.5. The smallest absolute Gasteiger partial charge is 0.230 e. The Bertz CT molecular complexity index is 840. The Morgan fingerprint density at radius 2 is 2.19 bits per heavy atom. The number of nitrogens with zero attached hydrogens (tertiary/aromatic N) is 4. The molecule has 1 aromatic heterocycles. The molecular formula is C18H19N5O3. The molecule has 2 heterocycles. The zero-order valence-corrected chi connectivity index (χ0v) is 14.4. The van der Waals surface area contributed by atoms with Crippen molar-refractivity contribution in [1.29, 1.82) is 5.26 Å². The Kier molecular flexibility index (Phi) is 5.29. The van der Waals surface area contributed by atoms with Crippen LogP contribution in [0.3, 0.4) is 0 Å². The van der Waals surface area contributed by atoms with Crippen LogP contribution in [-0.4, -0.2) is 53.3 Å². The second kappa shape index (κ2) is 7.80. The maximum absolute atomic E-state index is 12.7. The number of nitriles is 1. The topological polar surface area (TPSA) is 100 Å². The van der Waals surface area contributed by atoms with E-state index in [0.717, 1.165) is 5.69 Å². The van der Waals surface area contributed by atoms with E-state index in [4.69, 9.17) is 4.74 Å². The van der Waals surface area contributed by atoms with Crippen LogP contribution in [0.1, 0.15) is 12.0 Å². The van der Waals surface area contributed by atoms with Gasteiger partial charge in [0.25, 0.3) is 0 Å². The van der Waals surface area contributed by atoms with E-state index >= 15 is 0 Å². The Labute approximate surface area is 151 Å². The largest absolute Gasteiger partial charge is 0.383 e. The molecule has 1 saturated heterocycles. The average Bonchev–Trinajstić information content (AvgIpc) is 3.24. The van der Waals surface area contributed by atoms with Gasteiger partial charge in [-0.3, -0.25) is 9.59 Å². The molecule has 0 aliphatic carbocycles. The van der Waals surface area contributed by atoms with Gasteiger partial charge in [0.1, 0.15) is 11.6 Å². The molecule has 26 heavy (non-hydrogen) atoms. The molecule has 1 aliphatic heterocycles. The molecule has 1 unspecified atom stereocenters. The van der Waals surface area contributed by atoms with E-state index in [0.29, 0.717) is 25.5 Å². The summed E-state index contributed by atoms with van der Waals surface area (Å²) >= 11 is 0. The van der Waals surface area contributed by atoms with E-state index in [1.165, 1.54) is 10.9 Å². The highest BCUT2D eigenvalue weighted by Crippen LogP contribution is 2.23. The normalized spacial score (nSPS) is 16.5. The summed E-state index contributed by atoms with van der Waals surface area (Å²) in [5.74, 6) is -0.525. The molecule has 1 aromatic carbocycles. The van der Waals surface area contributed by atoms with Crippen LogP contribution >= 0.6 is 0 Å². The predicted molar refractivity (Wildman–Crippen MR) is 93.5 cm³/mol. The molecule has 3 rings (SSSR count). The minimum absolute atomic E-state index is 0.0701. The molecule has 1 N–H and O–H groups in total. The molecular weight excluding hydrogens is 334 g/mol. The number of benzene rings is 1. The average molecular weight is 353 g/mol. The first-order valence-electron chi connectivity index (χ1n) is 8.25. The number of amides is 2. The molecule has 2 aromatic rings. The maximum Gasteiger partial charge on any atom is 0.230 e. The molecule has 0 bridgehead atoms. The van der Waals surface area contributed by atoms with Crippen LogP contribution in [0.2, 0.25) is 0 Å². The fraction of sp³-hybridized carbons (Fsp3) is 0.333. The molecule has 134 valence electrons. The number of para-hydroxylation sites is 1. The fourth-order valence-corrected chi connectivity index (χ4v) is 2.90. The number of carbonyl (C=O) groups excluding carboxylic acids is 2. The lowest BCUT2D eigenvalue weighted by atomic mass is 10.1. The van der Waals surface area contributed by atoms with E-state index in [1.54, 1.807) is 12.0 Å². The Morgan fingerprint density at radius 3 is 2.88 bits per heavy atom. The van der Waals surface area contributed by atoms with Crippen molar-refractivity contribution in [2.45, 2.75) is 6.42 Å². The molecule has 0 saturated carbocycles. The lowest BCUT2D eigenvalue weighted by Crippen LogP contribution is -2.31. The zero-order chi connectivity index (χ0) is 18.5. The number of aromatic nitrogens is 2. The van der Waals surface area contributed by atoms with Crippen LogP contribution < -0.4 is 5.32 Å². The third-order valence-corrected chi connectivity index (χ3v) is 4.28. The third kappa shape index (κ3) is 3.58. The number of hydrogen-bond acceptors (Lipinski definition) is 5. The predicted octanol–water partition coefficient (Wildman–Crippen LogP) is 1.18. The molecule has 0 spiro atoms. The van der Waals surface area contributed by atoms with Crippen molar-refractivity contribution in [1.82, 2.24) is 14.7 Å². The van der Waals surface area contributed by atoms with Crippen molar-refractivity contribution in [2.75, 3.05) is 32.1 Å². The van der Waals surface area contributed by atoms with Crippen molar-refractivity contribution in [3.8, 4) is 11.8 Å². The number of likely N-dealkylation sites (tertiary alicyclic amines) is 1. The first kappa shape index (κ1) is 17.6. The van der Waals surface area contributed by atoms with Crippen molar-refractivity contribution in [3.63, 3.8) is 0 Å². The fourth-order valence-electron chi connectivity index (χ4n) is 2.90. The molecule has 1 fully saturated rings. The van der Waals surface area contributed by atoms with Crippen LogP contribution in [0.25, 0.3) is 5.69 Å². The summed E-state index contributed by atoms with van der Waals surface area (Å²) in [5.41, 5.74) is 0.997. The quantitative estimate of drug-likeness (QED) is 0.840. The van der Waals surface area contributed by atoms with E-state index in [9.17, 15) is 14.9 Å². The summed E-state index contributed by atoms with van der Waals surface area (Å²) < 4.78 is 6.50. The highest BCUT2D eigenvalue weighted by Gasteiger charge is 2.34. The first-order valence-corrected chi connectivity index (χ1v) is 8.25. The Hall–Kier alpha value is -3.18. The third-order valence-electron chi connectivity index (χ3n) is 4.28. The number of carbonyl (C=O) groups is 2. The first-order chi connectivity index (χ1) is 12.6. The minimum Gasteiger partial charge on any atom is -0.383 e. The van der Waals surface area contributed by atoms with E-state index in [-0.39, 0.29) is 23.8 Å². The number of nitrogens with one attached hydrogen (secondary N) is 1. The summed E-state index contributed by atoms with van der Waals surface area (Å²) in [6.45, 7) is 1.24. The summed E-state index contributed by atoms with van der Waals surface area (Å²) in [7, 11) is 1.57. The number of ether oxygens (including phenoxy) is 1. The number of methoxy groups -OCH3 is 1. The lowest BCUT2D eigenvalue weighted by molar-refractivity contribution is -0.128. The maximum atomic E-state index is 12.7. The van der Waals surface area contributed by atoms with Gasteiger partial charge in [0.2, 0.25) is 11.8 Å². The second-order valence-corrected chi connectivity index (χ2v) is 5.99. The summed E-state index contributed by atoms with van der Waals surface area (Å²) in [4.78, 5) is 26.3. The molecule has 8 nitrogen and oxygen atoms in total. The van der Waals surface area contributed by atoms with Gasteiger partial charge in [-0.05, 0) is 12.1 Å². The van der Waals surface area contributed by atoms with Crippen molar-refractivity contribution < 1.29 is 14.3 Å². The van der Waals surface area contributed by atoms with Gasteiger partial charge in [0.15, 0.2) is 5.82 Å².